The van der Waals surface area contributed by atoms with Crippen molar-refractivity contribution in [2.45, 2.75) is 52.5 Å². The summed E-state index contributed by atoms with van der Waals surface area (Å²) in [6, 6.07) is 6.44. The highest BCUT2D eigenvalue weighted by Crippen LogP contribution is 2.48. The van der Waals surface area contributed by atoms with Crippen LogP contribution in [0.25, 0.3) is 0 Å². The lowest BCUT2D eigenvalue weighted by atomic mass is 10.0. The molecule has 1 aromatic rings. The van der Waals surface area contributed by atoms with Crippen molar-refractivity contribution < 1.29 is 9.47 Å². The highest BCUT2D eigenvalue weighted by molar-refractivity contribution is 5.79. The van der Waals surface area contributed by atoms with Crippen LogP contribution in [0.4, 0.5) is 0 Å². The van der Waals surface area contributed by atoms with E-state index in [2.05, 4.69) is 47.7 Å². The van der Waals surface area contributed by atoms with E-state index in [1.165, 1.54) is 36.8 Å². The molecule has 2 fully saturated rings. The summed E-state index contributed by atoms with van der Waals surface area (Å²) in [6.07, 6.45) is 6.30. The molecule has 2 saturated carbocycles. The zero-order chi connectivity index (χ0) is 19.1. The van der Waals surface area contributed by atoms with Crippen LogP contribution in [0.1, 0.15) is 50.2 Å². The monoisotopic (exact) mass is 373 g/mol. The highest BCUT2D eigenvalue weighted by atomic mass is 16.5. The van der Waals surface area contributed by atoms with E-state index < -0.39 is 0 Å². The number of aryl methyl sites for hydroxylation is 1. The van der Waals surface area contributed by atoms with Gasteiger partial charge in [-0.15, -0.1) is 0 Å². The first-order chi connectivity index (χ1) is 13.1. The maximum absolute atomic E-state index is 6.07. The molecule has 0 saturated heterocycles. The summed E-state index contributed by atoms with van der Waals surface area (Å²) < 4.78 is 11.6. The third-order valence-corrected chi connectivity index (χ3v) is 5.63. The van der Waals surface area contributed by atoms with Crippen LogP contribution in [-0.4, -0.2) is 39.4 Å². The number of nitrogens with one attached hydrogen (secondary N) is 2. The molecular weight excluding hydrogens is 338 g/mol. The van der Waals surface area contributed by atoms with Gasteiger partial charge in [-0.3, -0.25) is 4.99 Å². The Morgan fingerprint density at radius 1 is 1.26 bits per heavy atom. The summed E-state index contributed by atoms with van der Waals surface area (Å²) in [5.74, 6) is 2.61. The van der Waals surface area contributed by atoms with Crippen LogP contribution in [0.2, 0.25) is 0 Å². The maximum atomic E-state index is 6.07. The van der Waals surface area contributed by atoms with E-state index in [1.807, 2.05) is 7.05 Å². The smallest absolute Gasteiger partial charge is 0.191 e. The van der Waals surface area contributed by atoms with Gasteiger partial charge < -0.3 is 20.1 Å². The van der Waals surface area contributed by atoms with Crippen molar-refractivity contribution in [3.05, 3.63) is 29.3 Å². The Morgan fingerprint density at radius 2 is 2.07 bits per heavy atom. The van der Waals surface area contributed by atoms with Crippen molar-refractivity contribution in [3.8, 4) is 5.75 Å². The molecule has 0 unspecified atom stereocenters. The third kappa shape index (κ3) is 6.42. The van der Waals surface area contributed by atoms with Gasteiger partial charge in [0.15, 0.2) is 5.96 Å². The van der Waals surface area contributed by atoms with Crippen LogP contribution in [0, 0.1) is 18.3 Å². The van der Waals surface area contributed by atoms with Crippen LogP contribution < -0.4 is 15.4 Å². The lowest BCUT2D eigenvalue weighted by molar-refractivity contribution is 0.128. The van der Waals surface area contributed by atoms with Crippen LogP contribution in [0.5, 0.6) is 5.75 Å². The topological polar surface area (TPSA) is 54.9 Å². The van der Waals surface area contributed by atoms with Crippen molar-refractivity contribution in [2.24, 2.45) is 16.3 Å². The van der Waals surface area contributed by atoms with Gasteiger partial charge in [0.2, 0.25) is 0 Å². The number of rotatable bonds is 11. The Labute approximate surface area is 163 Å². The second-order valence-corrected chi connectivity index (χ2v) is 8.09. The summed E-state index contributed by atoms with van der Waals surface area (Å²) in [4.78, 5) is 4.38. The van der Waals surface area contributed by atoms with E-state index in [9.17, 15) is 0 Å². The van der Waals surface area contributed by atoms with Gasteiger partial charge in [0.05, 0.1) is 6.61 Å². The van der Waals surface area contributed by atoms with Crippen molar-refractivity contribution in [1.29, 1.82) is 0 Å². The molecule has 0 aliphatic heterocycles. The van der Waals surface area contributed by atoms with E-state index in [0.29, 0.717) is 12.0 Å². The quantitative estimate of drug-likeness (QED) is 0.353. The molecule has 0 spiro atoms. The lowest BCUT2D eigenvalue weighted by Gasteiger charge is -2.19. The van der Waals surface area contributed by atoms with Gasteiger partial charge in [-0.1, -0.05) is 12.1 Å². The standard InChI is InChI=1S/C22H35N3O2/c1-4-26-12-11-22(9-10-22)16-25-21(23-3)24-14-19-8-5-17(2)13-20(19)27-15-18-6-7-18/h5,8,13,18H,4,6-7,9-12,14-16H2,1-3H3,(H2,23,24,25). The van der Waals surface area contributed by atoms with Gasteiger partial charge in [-0.25, -0.2) is 0 Å². The van der Waals surface area contributed by atoms with E-state index in [4.69, 9.17) is 9.47 Å². The maximum Gasteiger partial charge on any atom is 0.191 e. The van der Waals surface area contributed by atoms with Crippen LogP contribution in [0.3, 0.4) is 0 Å². The molecule has 1 aromatic carbocycles. The van der Waals surface area contributed by atoms with Gasteiger partial charge in [-0.05, 0) is 68.9 Å². The second-order valence-electron chi connectivity index (χ2n) is 8.09. The van der Waals surface area contributed by atoms with Crippen LogP contribution >= 0.6 is 0 Å². The molecule has 0 bridgehead atoms. The fourth-order valence-corrected chi connectivity index (χ4v) is 3.23. The van der Waals surface area contributed by atoms with E-state index in [-0.39, 0.29) is 0 Å². The molecule has 3 rings (SSSR count). The Bertz CT molecular complexity index is 636. The summed E-state index contributed by atoms with van der Waals surface area (Å²) in [7, 11) is 1.83. The van der Waals surface area contributed by atoms with Gasteiger partial charge in [-0.2, -0.15) is 0 Å². The van der Waals surface area contributed by atoms with Crippen molar-refractivity contribution in [3.63, 3.8) is 0 Å². The summed E-state index contributed by atoms with van der Waals surface area (Å²) in [5.41, 5.74) is 2.81. The Kier molecular flexibility index (Phi) is 7.00. The first kappa shape index (κ1) is 20.0. The number of benzene rings is 1. The van der Waals surface area contributed by atoms with Gasteiger partial charge in [0, 0.05) is 38.9 Å². The third-order valence-electron chi connectivity index (χ3n) is 5.63. The van der Waals surface area contributed by atoms with Gasteiger partial charge in [0.1, 0.15) is 5.75 Å². The van der Waals surface area contributed by atoms with Crippen molar-refractivity contribution in [1.82, 2.24) is 10.6 Å². The molecule has 2 aliphatic carbocycles. The summed E-state index contributed by atoms with van der Waals surface area (Å²) in [5, 5.41) is 6.95. The predicted octanol–water partition coefficient (Wildman–Crippen LogP) is 3.66. The van der Waals surface area contributed by atoms with Crippen LogP contribution in [0.15, 0.2) is 23.2 Å². The van der Waals surface area contributed by atoms with E-state index in [1.54, 1.807) is 0 Å². The van der Waals surface area contributed by atoms with Gasteiger partial charge >= 0.3 is 0 Å². The minimum Gasteiger partial charge on any atom is -0.493 e. The molecule has 0 amide bonds. The minimum atomic E-state index is 0.398. The molecule has 0 aromatic heterocycles. The minimum absolute atomic E-state index is 0.398. The first-order valence-electron chi connectivity index (χ1n) is 10.4. The fraction of sp³-hybridized carbons (Fsp3) is 0.682. The molecule has 0 heterocycles. The molecule has 0 radical (unpaired) electrons. The highest BCUT2D eigenvalue weighted by Gasteiger charge is 2.41. The Hall–Kier alpha value is -1.75. The van der Waals surface area contributed by atoms with E-state index >= 15 is 0 Å². The van der Waals surface area contributed by atoms with Crippen molar-refractivity contribution in [2.75, 3.05) is 33.4 Å². The largest absolute Gasteiger partial charge is 0.493 e. The first-order valence-corrected chi connectivity index (χ1v) is 10.4. The summed E-state index contributed by atoms with van der Waals surface area (Å²) in [6.45, 7) is 8.33. The number of hydrogen-bond acceptors (Lipinski definition) is 3. The number of guanidine groups is 1. The molecule has 5 heteroatoms. The normalized spacial score (nSPS) is 18.3. The zero-order valence-electron chi connectivity index (χ0n) is 17.1. The van der Waals surface area contributed by atoms with Crippen molar-refractivity contribution >= 4 is 5.96 Å². The number of nitrogens with zero attached hydrogens (tertiary/aromatic N) is 1. The number of aliphatic imine (C=N–C) groups is 1. The molecular formula is C22H35N3O2. The molecule has 5 nitrogen and oxygen atoms in total. The average molecular weight is 374 g/mol. The zero-order valence-corrected chi connectivity index (χ0v) is 17.1. The average Bonchev–Trinajstić information content (AvgIpc) is 3.58. The van der Waals surface area contributed by atoms with Crippen LogP contribution in [-0.2, 0) is 11.3 Å². The predicted molar refractivity (Wildman–Crippen MR) is 110 cm³/mol. The SMILES string of the molecule is CCOCCC1(CNC(=NC)NCc2ccc(C)cc2OCC2CC2)CC1. The molecule has 27 heavy (non-hydrogen) atoms. The second kappa shape index (κ2) is 9.45. The Morgan fingerprint density at radius 3 is 2.74 bits per heavy atom. The van der Waals surface area contributed by atoms with E-state index in [0.717, 1.165) is 50.4 Å². The lowest BCUT2D eigenvalue weighted by Crippen LogP contribution is -2.40. The Balaban J connectivity index is 1.47. The summed E-state index contributed by atoms with van der Waals surface area (Å²) >= 11 is 0. The van der Waals surface area contributed by atoms with Gasteiger partial charge in [0.25, 0.3) is 0 Å². The number of ether oxygens (including phenoxy) is 2. The molecule has 2 aliphatic rings. The fourth-order valence-electron chi connectivity index (χ4n) is 3.23. The number of hydrogen-bond donors (Lipinski definition) is 2. The molecule has 150 valence electrons. The molecule has 0 atom stereocenters. The molecule has 2 N–H and O–H groups in total.